The molecule has 2 saturated carbocycles. The van der Waals surface area contributed by atoms with Crippen LogP contribution in [0, 0.1) is 39.5 Å². The minimum atomic E-state index is -3.85. The molecule has 8 rings (SSSR count). The van der Waals surface area contributed by atoms with Gasteiger partial charge in [-0.1, -0.05) is 0 Å². The predicted octanol–water partition coefficient (Wildman–Crippen LogP) is 14.9. The molecular weight excluding hydrogens is 791 g/mol. The van der Waals surface area contributed by atoms with Gasteiger partial charge in [0.25, 0.3) is 0 Å². The van der Waals surface area contributed by atoms with Crippen molar-refractivity contribution < 1.29 is 17.4 Å². The SMILES string of the molecule is Cc1ccc(-c2cc(C)cc3c2C=C(CC2CCCCC2)[CH]3[Zr]([CH3])([CH3])(=[SiH2])[CH]2C(CC3CCCCC3)=Cc3c(-c4ccc(C)cc4)cc(C)cc32)cc1.Cl.Cl. The Morgan fingerprint density at radius 3 is 1.20 bits per heavy atom. The molecule has 0 saturated heterocycles. The van der Waals surface area contributed by atoms with Crippen LogP contribution in [-0.4, -0.2) is 6.88 Å². The molecule has 0 amide bonds. The van der Waals surface area contributed by atoms with Crippen LogP contribution in [0.3, 0.4) is 0 Å². The fourth-order valence-corrected chi connectivity index (χ4v) is 31.2. The van der Waals surface area contributed by atoms with Gasteiger partial charge in [-0.2, -0.15) is 0 Å². The summed E-state index contributed by atoms with van der Waals surface area (Å²) in [7, 11) is 0. The van der Waals surface area contributed by atoms with Gasteiger partial charge in [0.05, 0.1) is 0 Å². The summed E-state index contributed by atoms with van der Waals surface area (Å²) >= 11 is -3.85. The van der Waals surface area contributed by atoms with Gasteiger partial charge in [-0.25, -0.2) is 0 Å². The number of halogens is 2. The van der Waals surface area contributed by atoms with E-state index in [0.29, 0.717) is 7.25 Å². The van der Waals surface area contributed by atoms with Crippen molar-refractivity contribution in [2.45, 2.75) is 121 Å². The van der Waals surface area contributed by atoms with Crippen LogP contribution < -0.4 is 0 Å². The van der Waals surface area contributed by atoms with Crippen molar-refractivity contribution in [2.24, 2.45) is 11.8 Å². The smallest absolute Gasteiger partial charge is 0.147 e. The van der Waals surface area contributed by atoms with Gasteiger partial charge < -0.3 is 0 Å². The maximum atomic E-state index is 2.91. The van der Waals surface area contributed by atoms with Crippen LogP contribution in [0.2, 0.25) is 9.26 Å². The molecule has 286 valence electrons. The van der Waals surface area contributed by atoms with E-state index in [4.69, 9.17) is 0 Å². The molecule has 4 aliphatic rings. The van der Waals surface area contributed by atoms with Crippen LogP contribution in [0.5, 0.6) is 0 Å². The molecule has 0 aliphatic heterocycles. The van der Waals surface area contributed by atoms with E-state index in [-0.39, 0.29) is 24.8 Å². The van der Waals surface area contributed by atoms with Gasteiger partial charge in [-0.05, 0) is 0 Å². The summed E-state index contributed by atoms with van der Waals surface area (Å²) in [6.45, 7) is 11.7. The summed E-state index contributed by atoms with van der Waals surface area (Å²) in [6.07, 6.45) is 22.2. The first kappa shape index (κ1) is 41.7. The molecule has 0 bridgehead atoms. The molecule has 0 nitrogen and oxygen atoms in total. The van der Waals surface area contributed by atoms with Crippen molar-refractivity contribution in [1.82, 2.24) is 0 Å². The first-order valence-electron chi connectivity index (χ1n) is 20.8. The number of hydrogen-bond acceptors (Lipinski definition) is 0. The Morgan fingerprint density at radius 1 is 0.500 bits per heavy atom. The number of rotatable bonds is 8. The normalized spacial score (nSPS) is 20.4. The summed E-state index contributed by atoms with van der Waals surface area (Å²) < 4.78 is 6.94. The average Bonchev–Trinajstić information content (AvgIpc) is 3.68. The van der Waals surface area contributed by atoms with Gasteiger partial charge in [0.15, 0.2) is 0 Å². The summed E-state index contributed by atoms with van der Waals surface area (Å²) in [5, 5.41) is 0. The molecule has 0 aromatic heterocycles. The molecular formula is C50H64Cl2SiZr. The van der Waals surface area contributed by atoms with Crippen molar-refractivity contribution in [3.8, 4) is 22.3 Å². The van der Waals surface area contributed by atoms with E-state index in [2.05, 4.69) is 129 Å². The largest absolute Gasteiger partial charge is 0.147 e. The summed E-state index contributed by atoms with van der Waals surface area (Å²) in [5.41, 5.74) is 21.2. The van der Waals surface area contributed by atoms with E-state index < -0.39 is 17.4 Å². The third-order valence-corrected chi connectivity index (χ3v) is 31.4. The van der Waals surface area contributed by atoms with Crippen molar-refractivity contribution in [3.05, 3.63) is 128 Å². The van der Waals surface area contributed by atoms with E-state index in [0.717, 1.165) is 11.8 Å². The zero-order chi connectivity index (χ0) is 36.2. The summed E-state index contributed by atoms with van der Waals surface area (Å²) in [6, 6.07) is 29.0. The summed E-state index contributed by atoms with van der Waals surface area (Å²) in [4.78, 5) is 0. The van der Waals surface area contributed by atoms with Gasteiger partial charge in [-0.3, -0.25) is 0 Å². The van der Waals surface area contributed by atoms with E-state index in [1.54, 1.807) is 33.4 Å². The van der Waals surface area contributed by atoms with Crippen LogP contribution in [0.15, 0.2) is 83.9 Å². The molecule has 0 spiro atoms. The molecule has 4 aliphatic carbocycles. The Kier molecular flexibility index (Phi) is 12.7. The Balaban J connectivity index is 0.00000249. The second kappa shape index (κ2) is 16.5. The molecule has 0 heterocycles. The van der Waals surface area contributed by atoms with Gasteiger partial charge >= 0.3 is 320 Å². The zero-order valence-electron chi connectivity index (χ0n) is 33.9. The van der Waals surface area contributed by atoms with E-state index in [9.17, 15) is 0 Å². The first-order valence-corrected chi connectivity index (χ1v) is 34.5. The standard InChI is InChI=1S/2C24H27.2CH3.2ClH.H2Si.Zr/c2*1-17-8-10-21(11-9-17)23-13-18(2)12-22-15-20(16-24(22)23)14-19-6-4-3-5-7-19;;;;;;/h2*8-13,15-16,19H,3-7,14H2,1-2H3;2*1H3;2*1H;1H2;. The topological polar surface area (TPSA) is 0 Å². The molecule has 4 aromatic carbocycles. The molecule has 0 N–H and O–H groups in total. The van der Waals surface area contributed by atoms with E-state index in [1.165, 1.54) is 122 Å². The van der Waals surface area contributed by atoms with Gasteiger partial charge in [0, 0.05) is 0 Å². The van der Waals surface area contributed by atoms with Crippen LogP contribution in [-0.2, 0) is 17.4 Å². The Hall–Kier alpha value is -1.96. The second-order valence-corrected chi connectivity index (χ2v) is 49.5. The Morgan fingerprint density at radius 2 is 0.852 bits per heavy atom. The quantitative estimate of drug-likeness (QED) is 0.155. The van der Waals surface area contributed by atoms with Crippen molar-refractivity contribution in [2.75, 3.05) is 0 Å². The van der Waals surface area contributed by atoms with Crippen LogP contribution in [0.4, 0.5) is 0 Å². The van der Waals surface area contributed by atoms with E-state index >= 15 is 0 Å². The molecule has 0 radical (unpaired) electrons. The minimum Gasteiger partial charge on any atom is -0.147 e. The van der Waals surface area contributed by atoms with Gasteiger partial charge in [-0.15, -0.1) is 24.8 Å². The molecule has 54 heavy (non-hydrogen) atoms. The number of aryl methyl sites for hydroxylation is 4. The van der Waals surface area contributed by atoms with Gasteiger partial charge in [0.2, 0.25) is 0 Å². The minimum absolute atomic E-state index is 0. The fraction of sp³-hybridized carbons (Fsp3) is 0.440. The fourth-order valence-electron chi connectivity index (χ4n) is 11.5. The third-order valence-electron chi connectivity index (χ3n) is 13.9. The summed E-state index contributed by atoms with van der Waals surface area (Å²) in [5.74, 6) is 1.66. The molecule has 2 fully saturated rings. The van der Waals surface area contributed by atoms with Crippen LogP contribution in [0.25, 0.3) is 34.4 Å². The Labute approximate surface area is 342 Å². The average molecular weight is 855 g/mol. The predicted molar refractivity (Wildman–Crippen MR) is 241 cm³/mol. The zero-order valence-corrected chi connectivity index (χ0v) is 39.4. The first-order chi connectivity index (χ1) is 24.9. The maximum Gasteiger partial charge on any atom is -0.147 e. The van der Waals surface area contributed by atoms with Crippen molar-refractivity contribution >= 4 is 43.8 Å². The van der Waals surface area contributed by atoms with Crippen LogP contribution in [0.1, 0.15) is 129 Å². The van der Waals surface area contributed by atoms with Gasteiger partial charge in [0.1, 0.15) is 0 Å². The van der Waals surface area contributed by atoms with Crippen molar-refractivity contribution in [3.63, 3.8) is 0 Å². The molecule has 4 aromatic rings. The number of allylic oxidation sites excluding steroid dienone is 2. The van der Waals surface area contributed by atoms with E-state index in [1.807, 2.05) is 0 Å². The second-order valence-electron chi connectivity index (χ2n) is 19.0. The monoisotopic (exact) mass is 852 g/mol. The number of benzene rings is 4. The Bertz CT molecular complexity index is 1970. The number of hydrogen-bond donors (Lipinski definition) is 0. The van der Waals surface area contributed by atoms with Crippen LogP contribution >= 0.6 is 24.8 Å². The third kappa shape index (κ3) is 8.08. The molecule has 2 atom stereocenters. The van der Waals surface area contributed by atoms with Crippen molar-refractivity contribution in [1.29, 1.82) is 0 Å². The maximum absolute atomic E-state index is 3.85. The molecule has 2 unspecified atom stereocenters. The number of fused-ring (bicyclic) bond motifs is 2. The molecule has 4 heteroatoms.